The van der Waals surface area contributed by atoms with Crippen molar-refractivity contribution < 1.29 is 28.3 Å². The van der Waals surface area contributed by atoms with Crippen molar-refractivity contribution in [2.75, 3.05) is 22.6 Å². The predicted octanol–water partition coefficient (Wildman–Crippen LogP) is 4.35. The highest BCUT2D eigenvalue weighted by Gasteiger charge is 2.27. The van der Waals surface area contributed by atoms with Gasteiger partial charge in [-0.1, -0.05) is 12.1 Å². The lowest BCUT2D eigenvalue weighted by Crippen LogP contribution is -2.23. The van der Waals surface area contributed by atoms with Crippen LogP contribution in [0, 0.1) is 16.5 Å². The largest absolute Gasteiger partial charge is 0.452 e. The van der Waals surface area contributed by atoms with Crippen LogP contribution in [0.5, 0.6) is 0 Å². The summed E-state index contributed by atoms with van der Waals surface area (Å²) in [4.78, 5) is 48.1. The Bertz CT molecular complexity index is 1030. The second kappa shape index (κ2) is 11.3. The van der Waals surface area contributed by atoms with E-state index in [2.05, 4.69) is 16.0 Å². The molecule has 8 nitrogen and oxygen atoms in total. The summed E-state index contributed by atoms with van der Waals surface area (Å²) in [6, 6.07) is 5.59. The van der Waals surface area contributed by atoms with Crippen molar-refractivity contribution >= 4 is 109 Å². The molecule has 3 amide bonds. The summed E-state index contributed by atoms with van der Waals surface area (Å²) in [6.07, 6.45) is 0. The van der Waals surface area contributed by atoms with Crippen LogP contribution in [-0.4, -0.2) is 30.3 Å². The van der Waals surface area contributed by atoms with Crippen LogP contribution >= 0.6 is 67.8 Å². The number of hydrogen-bond acceptors (Lipinski definition) is 5. The van der Waals surface area contributed by atoms with Crippen molar-refractivity contribution in [3.63, 3.8) is 0 Å². The lowest BCUT2D eigenvalue weighted by atomic mass is 10.1. The van der Waals surface area contributed by atoms with Crippen molar-refractivity contribution in [3.8, 4) is 0 Å². The van der Waals surface area contributed by atoms with E-state index in [0.717, 1.165) is 0 Å². The standard InChI is InChI=1S/C19H15FI3N3O5/c1-8(27)24-17-14(21)13(15(22)18(16(17)23)25-9(2)28)19(30)31-7-12(29)26-11-6-4-3-5-10(11)20/h3-6H,7H2,1-2H3,(H,24,27)(H,25,28)(H,26,29). The minimum atomic E-state index is -0.841. The molecule has 2 aromatic rings. The van der Waals surface area contributed by atoms with Crippen LogP contribution in [0.1, 0.15) is 24.2 Å². The van der Waals surface area contributed by atoms with Crippen LogP contribution in [0.25, 0.3) is 0 Å². The van der Waals surface area contributed by atoms with Crippen molar-refractivity contribution in [1.29, 1.82) is 0 Å². The number of para-hydroxylation sites is 1. The number of ether oxygens (including phenoxy) is 1. The van der Waals surface area contributed by atoms with Crippen LogP contribution in [0.15, 0.2) is 24.3 Å². The molecule has 31 heavy (non-hydrogen) atoms. The molecule has 0 bridgehead atoms. The van der Waals surface area contributed by atoms with Gasteiger partial charge in [0.25, 0.3) is 5.91 Å². The molecule has 0 aliphatic rings. The molecule has 2 rings (SSSR count). The van der Waals surface area contributed by atoms with Crippen molar-refractivity contribution in [3.05, 3.63) is 46.4 Å². The normalized spacial score (nSPS) is 10.3. The molecule has 0 aliphatic heterocycles. The Kier molecular flexibility index (Phi) is 9.41. The van der Waals surface area contributed by atoms with Gasteiger partial charge in [0.2, 0.25) is 11.8 Å². The molecule has 12 heteroatoms. The van der Waals surface area contributed by atoms with E-state index in [-0.39, 0.29) is 23.1 Å². The van der Waals surface area contributed by atoms with E-state index in [9.17, 15) is 23.6 Å². The Morgan fingerprint density at radius 3 is 1.87 bits per heavy atom. The second-order valence-electron chi connectivity index (χ2n) is 6.03. The summed E-state index contributed by atoms with van der Waals surface area (Å²) in [6.45, 7) is 1.97. The van der Waals surface area contributed by atoms with E-state index >= 15 is 0 Å². The second-order valence-corrected chi connectivity index (χ2v) is 9.27. The van der Waals surface area contributed by atoms with Gasteiger partial charge in [0, 0.05) is 13.8 Å². The maximum Gasteiger partial charge on any atom is 0.340 e. The first-order valence-electron chi connectivity index (χ1n) is 8.50. The van der Waals surface area contributed by atoms with Crippen molar-refractivity contribution in [1.82, 2.24) is 0 Å². The van der Waals surface area contributed by atoms with Crippen LogP contribution in [0.3, 0.4) is 0 Å². The van der Waals surface area contributed by atoms with E-state index in [1.54, 1.807) is 6.07 Å². The number of amides is 3. The number of carbonyl (C=O) groups excluding carboxylic acids is 4. The fourth-order valence-electron chi connectivity index (χ4n) is 2.37. The molecule has 0 spiro atoms. The summed E-state index contributed by atoms with van der Waals surface area (Å²) in [7, 11) is 0. The van der Waals surface area contributed by atoms with Crippen LogP contribution in [0.4, 0.5) is 21.5 Å². The molecule has 0 radical (unpaired) electrons. The summed E-state index contributed by atoms with van der Waals surface area (Å²) in [5, 5.41) is 7.61. The minimum Gasteiger partial charge on any atom is -0.452 e. The molecule has 0 saturated heterocycles. The highest BCUT2D eigenvalue weighted by molar-refractivity contribution is 14.1. The number of carbonyl (C=O) groups is 4. The maximum atomic E-state index is 13.7. The van der Waals surface area contributed by atoms with E-state index in [1.807, 2.05) is 67.8 Å². The topological polar surface area (TPSA) is 114 Å². The molecule has 0 aromatic heterocycles. The van der Waals surface area contributed by atoms with Gasteiger partial charge in [-0.2, -0.15) is 0 Å². The maximum absolute atomic E-state index is 13.7. The molecule has 0 aliphatic carbocycles. The number of anilines is 3. The third kappa shape index (κ3) is 6.71. The summed E-state index contributed by atoms with van der Waals surface area (Å²) >= 11 is 5.72. The molecule has 0 unspecified atom stereocenters. The average molecular weight is 765 g/mol. The lowest BCUT2D eigenvalue weighted by Gasteiger charge is -2.19. The Balaban J connectivity index is 2.31. The SMILES string of the molecule is CC(=O)Nc1c(I)c(NC(C)=O)c(I)c(C(=O)OCC(=O)Nc2ccccc2F)c1I. The highest BCUT2D eigenvalue weighted by Crippen LogP contribution is 2.39. The zero-order valence-electron chi connectivity index (χ0n) is 16.1. The molecule has 0 fully saturated rings. The summed E-state index contributed by atoms with van der Waals surface area (Å²) in [5.41, 5.74) is 0.705. The van der Waals surface area contributed by atoms with Gasteiger partial charge in [0.05, 0.1) is 33.3 Å². The lowest BCUT2D eigenvalue weighted by molar-refractivity contribution is -0.119. The Morgan fingerprint density at radius 2 is 1.39 bits per heavy atom. The van der Waals surface area contributed by atoms with E-state index in [0.29, 0.717) is 22.1 Å². The number of esters is 1. The number of hydrogen-bond donors (Lipinski definition) is 3. The average Bonchev–Trinajstić information content (AvgIpc) is 2.68. The first-order valence-corrected chi connectivity index (χ1v) is 11.7. The van der Waals surface area contributed by atoms with Gasteiger partial charge < -0.3 is 20.7 Å². The first kappa shape index (κ1) is 25.7. The quantitative estimate of drug-likeness (QED) is 0.299. The van der Waals surface area contributed by atoms with Crippen LogP contribution < -0.4 is 16.0 Å². The summed E-state index contributed by atoms with van der Waals surface area (Å²) < 4.78 is 20.1. The molecular formula is C19H15FI3N3O5. The highest BCUT2D eigenvalue weighted by atomic mass is 127. The zero-order valence-corrected chi connectivity index (χ0v) is 22.5. The predicted molar refractivity (Wildman–Crippen MR) is 139 cm³/mol. The van der Waals surface area contributed by atoms with Gasteiger partial charge in [-0.15, -0.1) is 0 Å². The van der Waals surface area contributed by atoms with Gasteiger partial charge in [-0.25, -0.2) is 9.18 Å². The third-order valence-corrected chi connectivity index (χ3v) is 6.84. The van der Waals surface area contributed by atoms with Crippen molar-refractivity contribution in [2.24, 2.45) is 0 Å². The van der Waals surface area contributed by atoms with Crippen LogP contribution in [-0.2, 0) is 19.1 Å². The third-order valence-electron chi connectivity index (χ3n) is 3.61. The monoisotopic (exact) mass is 765 g/mol. The fourth-order valence-corrected chi connectivity index (χ4v) is 6.51. The molecular weight excluding hydrogens is 750 g/mol. The molecule has 0 atom stereocenters. The zero-order chi connectivity index (χ0) is 23.3. The number of halogens is 4. The van der Waals surface area contributed by atoms with E-state index in [4.69, 9.17) is 4.74 Å². The van der Waals surface area contributed by atoms with Gasteiger partial charge >= 0.3 is 5.97 Å². The van der Waals surface area contributed by atoms with E-state index in [1.165, 1.54) is 32.0 Å². The van der Waals surface area contributed by atoms with Gasteiger partial charge in [0.15, 0.2) is 6.61 Å². The number of benzene rings is 2. The Labute approximate surface area is 217 Å². The van der Waals surface area contributed by atoms with Crippen LogP contribution in [0.2, 0.25) is 0 Å². The molecule has 2 aromatic carbocycles. The Hall–Kier alpha value is -1.56. The minimum absolute atomic E-state index is 0.0390. The number of rotatable bonds is 6. The molecule has 164 valence electrons. The van der Waals surface area contributed by atoms with Gasteiger partial charge in [0.1, 0.15) is 5.82 Å². The first-order chi connectivity index (χ1) is 14.5. The van der Waals surface area contributed by atoms with Gasteiger partial charge in [-0.05, 0) is 79.9 Å². The van der Waals surface area contributed by atoms with Crippen molar-refractivity contribution in [2.45, 2.75) is 13.8 Å². The molecule has 3 N–H and O–H groups in total. The Morgan fingerprint density at radius 1 is 0.871 bits per heavy atom. The fraction of sp³-hybridized carbons (Fsp3) is 0.158. The summed E-state index contributed by atoms with van der Waals surface area (Å²) in [5.74, 6) is -2.92. The number of nitrogens with one attached hydrogen (secondary N) is 3. The van der Waals surface area contributed by atoms with E-state index < -0.39 is 24.3 Å². The van der Waals surface area contributed by atoms with Gasteiger partial charge in [-0.3, -0.25) is 14.4 Å². The smallest absolute Gasteiger partial charge is 0.340 e. The molecule has 0 saturated carbocycles. The molecule has 0 heterocycles.